The molecule has 3 aromatic carbocycles. The number of rotatable bonds is 10. The molecule has 0 atom stereocenters. The van der Waals surface area contributed by atoms with E-state index in [4.69, 9.17) is 21.1 Å². The normalized spacial score (nSPS) is 11.0. The van der Waals surface area contributed by atoms with Gasteiger partial charge in [0.1, 0.15) is 18.0 Å². The number of methoxy groups -OCH3 is 1. The van der Waals surface area contributed by atoms with Gasteiger partial charge in [-0.15, -0.1) is 0 Å². The average Bonchev–Trinajstić information content (AvgIpc) is 2.83. The van der Waals surface area contributed by atoms with Gasteiger partial charge in [-0.25, -0.2) is 8.42 Å². The van der Waals surface area contributed by atoms with Crippen LogP contribution in [0.3, 0.4) is 0 Å². The molecule has 0 aliphatic rings. The van der Waals surface area contributed by atoms with E-state index in [1.807, 2.05) is 6.92 Å². The summed E-state index contributed by atoms with van der Waals surface area (Å²) in [6.45, 7) is 3.08. The number of nitro groups is 1. The molecule has 0 aromatic heterocycles. The fraction of sp³-hybridized carbons (Fsp3) is 0.208. The molecule has 3 rings (SSSR count). The Hall–Kier alpha value is -3.83. The van der Waals surface area contributed by atoms with Gasteiger partial charge in [-0.1, -0.05) is 23.7 Å². The van der Waals surface area contributed by atoms with Crippen LogP contribution >= 0.6 is 11.6 Å². The second kappa shape index (κ2) is 11.3. The van der Waals surface area contributed by atoms with E-state index >= 15 is 0 Å². The third-order valence-electron chi connectivity index (χ3n) is 5.09. The van der Waals surface area contributed by atoms with Crippen LogP contribution in [0.5, 0.6) is 11.5 Å². The van der Waals surface area contributed by atoms with Crippen LogP contribution in [-0.4, -0.2) is 39.5 Å². The molecule has 0 heterocycles. The fourth-order valence-corrected chi connectivity index (χ4v) is 5.00. The minimum absolute atomic E-state index is 0.00792. The van der Waals surface area contributed by atoms with Gasteiger partial charge in [0, 0.05) is 28.4 Å². The third kappa shape index (κ3) is 6.04. The number of hydrogen-bond acceptors (Lipinski definition) is 7. The molecule has 0 radical (unpaired) electrons. The van der Waals surface area contributed by atoms with Gasteiger partial charge < -0.3 is 14.8 Å². The quantitative estimate of drug-likeness (QED) is 0.293. The van der Waals surface area contributed by atoms with Crippen molar-refractivity contribution < 1.29 is 27.6 Å². The van der Waals surface area contributed by atoms with E-state index in [0.29, 0.717) is 18.0 Å². The van der Waals surface area contributed by atoms with Crippen LogP contribution in [0.15, 0.2) is 65.6 Å². The van der Waals surface area contributed by atoms with Crippen molar-refractivity contribution in [1.29, 1.82) is 0 Å². The lowest BCUT2D eigenvalue weighted by Gasteiger charge is -2.26. The van der Waals surface area contributed by atoms with Crippen molar-refractivity contribution >= 4 is 44.6 Å². The average molecular weight is 534 g/mol. The molecule has 0 saturated heterocycles. The maximum absolute atomic E-state index is 13.7. The SMILES string of the molecule is CCOc1cccc(NC(=O)CN(c2cc(Cl)ccc2OC)S(=O)(=O)c2ccc(C)c([N+](=O)[O-])c2)c1. The lowest BCUT2D eigenvalue weighted by Crippen LogP contribution is -2.38. The number of ether oxygens (including phenoxy) is 2. The van der Waals surface area contributed by atoms with E-state index in [9.17, 15) is 23.3 Å². The number of anilines is 2. The highest BCUT2D eigenvalue weighted by Crippen LogP contribution is 2.36. The number of nitrogens with one attached hydrogen (secondary N) is 1. The van der Waals surface area contributed by atoms with Gasteiger partial charge in [0.15, 0.2) is 0 Å². The minimum Gasteiger partial charge on any atom is -0.495 e. The van der Waals surface area contributed by atoms with Gasteiger partial charge in [-0.05, 0) is 50.2 Å². The molecule has 0 unspecified atom stereocenters. The fourth-order valence-electron chi connectivity index (χ4n) is 3.39. The Morgan fingerprint density at radius 2 is 1.89 bits per heavy atom. The lowest BCUT2D eigenvalue weighted by atomic mass is 10.2. The van der Waals surface area contributed by atoms with Crippen molar-refractivity contribution in [2.24, 2.45) is 0 Å². The molecule has 12 heteroatoms. The zero-order valence-electron chi connectivity index (χ0n) is 19.7. The topological polar surface area (TPSA) is 128 Å². The Kier molecular flexibility index (Phi) is 8.38. The summed E-state index contributed by atoms with van der Waals surface area (Å²) in [7, 11) is -3.13. The Bertz CT molecular complexity index is 1400. The monoisotopic (exact) mass is 533 g/mol. The second-order valence-corrected chi connectivity index (χ2v) is 9.84. The van der Waals surface area contributed by atoms with Gasteiger partial charge in [-0.2, -0.15) is 0 Å². The second-order valence-electron chi connectivity index (χ2n) is 7.54. The molecular weight excluding hydrogens is 510 g/mol. The Labute approximate surface area is 213 Å². The molecule has 10 nitrogen and oxygen atoms in total. The van der Waals surface area contributed by atoms with Crippen LogP contribution in [0.1, 0.15) is 12.5 Å². The molecule has 0 aliphatic heterocycles. The summed E-state index contributed by atoms with van der Waals surface area (Å²) in [6.07, 6.45) is 0. The predicted molar refractivity (Wildman–Crippen MR) is 137 cm³/mol. The van der Waals surface area contributed by atoms with Crippen molar-refractivity contribution in [3.05, 3.63) is 81.4 Å². The molecule has 0 fully saturated rings. The summed E-state index contributed by atoms with van der Waals surface area (Å²) >= 11 is 6.13. The molecule has 1 amide bonds. The number of aryl methyl sites for hydroxylation is 1. The number of halogens is 1. The smallest absolute Gasteiger partial charge is 0.273 e. The molecule has 0 spiro atoms. The Balaban J connectivity index is 2.06. The first-order chi connectivity index (χ1) is 17.1. The van der Waals surface area contributed by atoms with E-state index in [1.165, 1.54) is 44.4 Å². The first-order valence-corrected chi connectivity index (χ1v) is 12.5. The summed E-state index contributed by atoms with van der Waals surface area (Å²) in [5.41, 5.74) is 0.308. The number of hydrogen-bond donors (Lipinski definition) is 1. The summed E-state index contributed by atoms with van der Waals surface area (Å²) in [5.74, 6) is -0.00477. The van der Waals surface area contributed by atoms with E-state index in [2.05, 4.69) is 5.32 Å². The first-order valence-electron chi connectivity index (χ1n) is 10.7. The molecule has 36 heavy (non-hydrogen) atoms. The van der Waals surface area contributed by atoms with E-state index in [1.54, 1.807) is 24.3 Å². The minimum atomic E-state index is -4.48. The number of benzene rings is 3. The molecule has 1 N–H and O–H groups in total. The van der Waals surface area contributed by atoms with E-state index < -0.39 is 27.4 Å². The van der Waals surface area contributed by atoms with Gasteiger partial charge >= 0.3 is 0 Å². The van der Waals surface area contributed by atoms with Gasteiger partial charge in [0.05, 0.1) is 29.2 Å². The molecule has 0 bridgehead atoms. The summed E-state index contributed by atoms with van der Waals surface area (Å²) in [5, 5.41) is 14.3. The maximum atomic E-state index is 13.7. The van der Waals surface area contributed by atoms with Crippen LogP contribution < -0.4 is 19.1 Å². The number of amides is 1. The number of nitrogens with zero attached hydrogens (tertiary/aromatic N) is 2. The molecule has 190 valence electrons. The van der Waals surface area contributed by atoms with Crippen molar-refractivity contribution in [1.82, 2.24) is 0 Å². The van der Waals surface area contributed by atoms with Crippen molar-refractivity contribution in [2.45, 2.75) is 18.7 Å². The highest BCUT2D eigenvalue weighted by Gasteiger charge is 2.31. The number of sulfonamides is 1. The third-order valence-corrected chi connectivity index (χ3v) is 7.08. The Morgan fingerprint density at radius 3 is 2.56 bits per heavy atom. The van der Waals surface area contributed by atoms with Crippen LogP contribution in [-0.2, 0) is 14.8 Å². The van der Waals surface area contributed by atoms with Gasteiger partial charge in [0.2, 0.25) is 5.91 Å². The van der Waals surface area contributed by atoms with Crippen LogP contribution in [0, 0.1) is 17.0 Å². The van der Waals surface area contributed by atoms with Crippen LogP contribution in [0.2, 0.25) is 5.02 Å². The zero-order valence-corrected chi connectivity index (χ0v) is 21.3. The maximum Gasteiger partial charge on any atom is 0.273 e. The number of carbonyl (C=O) groups excluding carboxylic acids is 1. The standard InChI is InChI=1S/C24H24ClN3O7S/c1-4-35-19-7-5-6-18(13-19)26-24(29)15-27(22-12-17(25)9-11-23(22)34-3)36(32,33)20-10-8-16(2)21(14-20)28(30)31/h5-14H,4,15H2,1-3H3,(H,26,29). The van der Waals surface area contributed by atoms with Crippen LogP contribution in [0.25, 0.3) is 0 Å². The van der Waals surface area contributed by atoms with Gasteiger partial charge in [0.25, 0.3) is 15.7 Å². The highest BCUT2D eigenvalue weighted by atomic mass is 35.5. The largest absolute Gasteiger partial charge is 0.495 e. The van der Waals surface area contributed by atoms with Crippen LogP contribution in [0.4, 0.5) is 17.1 Å². The zero-order chi connectivity index (χ0) is 26.5. The Morgan fingerprint density at radius 1 is 1.14 bits per heavy atom. The summed E-state index contributed by atoms with van der Waals surface area (Å²) < 4.78 is 39.0. The van der Waals surface area contributed by atoms with Crippen molar-refractivity contribution in [3.63, 3.8) is 0 Å². The lowest BCUT2D eigenvalue weighted by molar-refractivity contribution is -0.385. The number of nitro benzene ring substituents is 1. The summed E-state index contributed by atoms with van der Waals surface area (Å²) in [6, 6.07) is 14.5. The van der Waals surface area contributed by atoms with E-state index in [-0.39, 0.29) is 32.6 Å². The highest BCUT2D eigenvalue weighted by molar-refractivity contribution is 7.92. The van der Waals surface area contributed by atoms with Crippen molar-refractivity contribution in [2.75, 3.05) is 29.9 Å². The summed E-state index contributed by atoms with van der Waals surface area (Å²) in [4.78, 5) is 23.4. The molecular formula is C24H24ClN3O7S. The number of carbonyl (C=O) groups is 1. The molecule has 3 aromatic rings. The molecule has 0 aliphatic carbocycles. The van der Waals surface area contributed by atoms with E-state index in [0.717, 1.165) is 10.4 Å². The van der Waals surface area contributed by atoms with Crippen molar-refractivity contribution in [3.8, 4) is 11.5 Å². The first kappa shape index (κ1) is 26.8. The molecule has 0 saturated carbocycles. The van der Waals surface area contributed by atoms with Gasteiger partial charge in [-0.3, -0.25) is 19.2 Å². The predicted octanol–water partition coefficient (Wildman–Crippen LogP) is 4.80.